The van der Waals surface area contributed by atoms with Gasteiger partial charge in [-0.1, -0.05) is 30.3 Å². The lowest BCUT2D eigenvalue weighted by Crippen LogP contribution is -2.46. The van der Waals surface area contributed by atoms with Gasteiger partial charge >= 0.3 is 0 Å². The van der Waals surface area contributed by atoms with E-state index in [9.17, 15) is 13.2 Å². The third-order valence-electron chi connectivity index (χ3n) is 7.82. The van der Waals surface area contributed by atoms with Crippen molar-refractivity contribution in [2.24, 2.45) is 11.8 Å². The van der Waals surface area contributed by atoms with Crippen LogP contribution in [0.5, 0.6) is 0 Å². The quantitative estimate of drug-likeness (QED) is 0.506. The number of likely N-dealkylation sites (tertiary alicyclic amines) is 1. The molecule has 2 saturated heterocycles. The van der Waals surface area contributed by atoms with Crippen LogP contribution in [0.4, 0.5) is 0 Å². The van der Waals surface area contributed by atoms with Gasteiger partial charge in [-0.25, -0.2) is 8.42 Å². The summed E-state index contributed by atoms with van der Waals surface area (Å²) in [6, 6.07) is 17.9. The molecule has 186 valence electrons. The highest BCUT2D eigenvalue weighted by molar-refractivity contribution is 7.89. The Morgan fingerprint density at radius 3 is 2.31 bits per heavy atom. The van der Waals surface area contributed by atoms with Gasteiger partial charge in [0.1, 0.15) is 0 Å². The molecule has 2 fully saturated rings. The summed E-state index contributed by atoms with van der Waals surface area (Å²) in [5.41, 5.74) is 2.41. The second-order valence-electron chi connectivity index (χ2n) is 9.96. The summed E-state index contributed by atoms with van der Waals surface area (Å²) >= 11 is 0. The van der Waals surface area contributed by atoms with Gasteiger partial charge in [0, 0.05) is 55.7 Å². The van der Waals surface area contributed by atoms with E-state index in [4.69, 9.17) is 0 Å². The molecule has 0 aliphatic carbocycles. The molecule has 0 bridgehead atoms. The average Bonchev–Trinajstić information content (AvgIpc) is 3.32. The topological polar surface area (TPSA) is 62.6 Å². The van der Waals surface area contributed by atoms with Crippen molar-refractivity contribution in [3.05, 3.63) is 66.4 Å². The summed E-state index contributed by atoms with van der Waals surface area (Å²) in [6.07, 6.45) is 6.33. The van der Waals surface area contributed by atoms with E-state index < -0.39 is 10.0 Å². The molecule has 3 heterocycles. The normalized spacial score (nSPS) is 18.8. The van der Waals surface area contributed by atoms with Crippen molar-refractivity contribution >= 4 is 26.8 Å². The number of carbonyl (C=O) groups is 1. The van der Waals surface area contributed by atoms with E-state index in [1.807, 2.05) is 29.3 Å². The van der Waals surface area contributed by atoms with Gasteiger partial charge in [0.15, 0.2) is 0 Å². The van der Waals surface area contributed by atoms with Crippen LogP contribution >= 0.6 is 0 Å². The van der Waals surface area contributed by atoms with Crippen molar-refractivity contribution < 1.29 is 13.2 Å². The van der Waals surface area contributed by atoms with Gasteiger partial charge in [-0.3, -0.25) is 4.79 Å². The van der Waals surface area contributed by atoms with Gasteiger partial charge in [-0.05, 0) is 74.8 Å². The maximum absolute atomic E-state index is 13.3. The van der Waals surface area contributed by atoms with Crippen LogP contribution in [0.25, 0.3) is 10.9 Å². The van der Waals surface area contributed by atoms with Crippen molar-refractivity contribution in [1.29, 1.82) is 0 Å². The number of hydrogen-bond donors (Lipinski definition) is 0. The number of carbonyl (C=O) groups excluding carboxylic acids is 1. The van der Waals surface area contributed by atoms with Crippen LogP contribution in [0.15, 0.2) is 65.7 Å². The molecule has 0 N–H and O–H groups in total. The Bertz CT molecular complexity index is 1270. The summed E-state index contributed by atoms with van der Waals surface area (Å²) in [7, 11) is -3.56. The zero-order valence-electron chi connectivity index (χ0n) is 20.5. The summed E-state index contributed by atoms with van der Waals surface area (Å²) in [5.74, 6) is 0.760. The van der Waals surface area contributed by atoms with Crippen LogP contribution in [0.2, 0.25) is 0 Å². The Morgan fingerprint density at radius 1 is 0.914 bits per heavy atom. The Morgan fingerprint density at radius 2 is 1.63 bits per heavy atom. The first-order valence-corrected chi connectivity index (χ1v) is 14.3. The first-order chi connectivity index (χ1) is 17.0. The van der Waals surface area contributed by atoms with Gasteiger partial charge < -0.3 is 9.47 Å². The van der Waals surface area contributed by atoms with Crippen LogP contribution < -0.4 is 0 Å². The van der Waals surface area contributed by atoms with E-state index in [1.54, 1.807) is 16.4 Å². The van der Waals surface area contributed by atoms with Gasteiger partial charge in [0.05, 0.1) is 4.90 Å². The lowest BCUT2D eigenvalue weighted by atomic mass is 9.89. The molecular formula is C28H35N3O3S. The molecule has 7 heteroatoms. The number of benzene rings is 2. The van der Waals surface area contributed by atoms with E-state index in [-0.39, 0.29) is 11.8 Å². The molecule has 2 aromatic carbocycles. The molecule has 0 spiro atoms. The number of sulfonamides is 1. The number of piperidine rings is 2. The van der Waals surface area contributed by atoms with E-state index in [0.29, 0.717) is 36.7 Å². The van der Waals surface area contributed by atoms with E-state index in [0.717, 1.165) is 49.8 Å². The minimum atomic E-state index is -3.56. The summed E-state index contributed by atoms with van der Waals surface area (Å²) in [5, 5.41) is 0.939. The van der Waals surface area contributed by atoms with Crippen LogP contribution in [0.3, 0.4) is 0 Å². The molecule has 1 aromatic heterocycles. The highest BCUT2D eigenvalue weighted by Crippen LogP contribution is 2.29. The van der Waals surface area contributed by atoms with Crippen LogP contribution in [0.1, 0.15) is 38.2 Å². The second-order valence-corrected chi connectivity index (χ2v) is 11.9. The van der Waals surface area contributed by atoms with Crippen molar-refractivity contribution in [2.75, 3.05) is 26.2 Å². The largest absolute Gasteiger partial charge is 0.348 e. The SMILES string of the molecule is CCn1ccc2cc(S(=O)(=O)N3CCC(C(=O)N4CCC(Cc5ccccc5)CC4)CC3)ccc21. The van der Waals surface area contributed by atoms with E-state index >= 15 is 0 Å². The van der Waals surface area contributed by atoms with Crippen LogP contribution in [0, 0.1) is 11.8 Å². The number of hydrogen-bond acceptors (Lipinski definition) is 3. The molecule has 5 rings (SSSR count). The highest BCUT2D eigenvalue weighted by atomic mass is 32.2. The number of amides is 1. The fourth-order valence-electron chi connectivity index (χ4n) is 5.67. The minimum Gasteiger partial charge on any atom is -0.348 e. The maximum atomic E-state index is 13.3. The van der Waals surface area contributed by atoms with Crippen LogP contribution in [-0.4, -0.2) is 54.3 Å². The summed E-state index contributed by atoms with van der Waals surface area (Å²) < 4.78 is 30.3. The highest BCUT2D eigenvalue weighted by Gasteiger charge is 2.35. The Balaban J connectivity index is 1.15. The molecular weight excluding hydrogens is 458 g/mol. The molecule has 2 aliphatic heterocycles. The zero-order chi connectivity index (χ0) is 24.4. The Kier molecular flexibility index (Phi) is 6.98. The molecule has 1 amide bonds. The number of rotatable bonds is 6. The minimum absolute atomic E-state index is 0.0758. The first kappa shape index (κ1) is 24.1. The predicted molar refractivity (Wildman–Crippen MR) is 139 cm³/mol. The second kappa shape index (κ2) is 10.2. The molecule has 6 nitrogen and oxygen atoms in total. The average molecular weight is 494 g/mol. The fourth-order valence-corrected chi connectivity index (χ4v) is 7.18. The number of fused-ring (bicyclic) bond motifs is 1. The van der Waals surface area contributed by atoms with Crippen molar-refractivity contribution in [1.82, 2.24) is 13.8 Å². The number of aromatic nitrogens is 1. The van der Waals surface area contributed by atoms with Gasteiger partial charge in [-0.15, -0.1) is 0 Å². The maximum Gasteiger partial charge on any atom is 0.243 e. The number of nitrogens with zero attached hydrogens (tertiary/aromatic N) is 3. The Hall–Kier alpha value is -2.64. The van der Waals surface area contributed by atoms with Crippen molar-refractivity contribution in [3.63, 3.8) is 0 Å². The summed E-state index contributed by atoms with van der Waals surface area (Å²) in [6.45, 7) is 5.34. The van der Waals surface area contributed by atoms with E-state index in [1.165, 1.54) is 5.56 Å². The molecule has 35 heavy (non-hydrogen) atoms. The monoisotopic (exact) mass is 493 g/mol. The van der Waals surface area contributed by atoms with Crippen LogP contribution in [-0.2, 0) is 27.8 Å². The lowest BCUT2D eigenvalue weighted by Gasteiger charge is -2.37. The smallest absolute Gasteiger partial charge is 0.243 e. The molecule has 0 unspecified atom stereocenters. The molecule has 2 aliphatic rings. The standard InChI is InChI=1S/C28H35N3O3S/c1-2-29-17-12-25-21-26(8-9-27(25)29)35(33,34)31-18-13-24(14-19-31)28(32)30-15-10-23(11-16-30)20-22-6-4-3-5-7-22/h3-9,12,17,21,23-24H,2,10-11,13-16,18-20H2,1H3. The third kappa shape index (κ3) is 5.02. The molecule has 0 saturated carbocycles. The fraction of sp³-hybridized carbons (Fsp3) is 0.464. The van der Waals surface area contributed by atoms with E-state index in [2.05, 4.69) is 35.8 Å². The summed E-state index contributed by atoms with van der Waals surface area (Å²) in [4.78, 5) is 15.5. The third-order valence-corrected chi connectivity index (χ3v) is 9.71. The van der Waals surface area contributed by atoms with Gasteiger partial charge in [-0.2, -0.15) is 4.31 Å². The lowest BCUT2D eigenvalue weighted by molar-refractivity contribution is -0.138. The molecule has 0 radical (unpaired) electrons. The Labute approximate surface area is 208 Å². The molecule has 3 aromatic rings. The predicted octanol–water partition coefficient (Wildman–Crippen LogP) is 4.54. The van der Waals surface area contributed by atoms with Gasteiger partial charge in [0.25, 0.3) is 0 Å². The van der Waals surface area contributed by atoms with Crippen molar-refractivity contribution in [2.45, 2.75) is 50.5 Å². The van der Waals surface area contributed by atoms with Crippen molar-refractivity contribution in [3.8, 4) is 0 Å². The zero-order valence-corrected chi connectivity index (χ0v) is 21.3. The molecule has 0 atom stereocenters. The number of aryl methyl sites for hydroxylation is 1. The van der Waals surface area contributed by atoms with Gasteiger partial charge in [0.2, 0.25) is 15.9 Å². The first-order valence-electron chi connectivity index (χ1n) is 12.9.